The molecule has 0 spiro atoms. The highest BCUT2D eigenvalue weighted by Crippen LogP contribution is 2.31. The molecule has 0 unspecified atom stereocenters. The monoisotopic (exact) mass is 300 g/mol. The number of phenols is 2. The summed E-state index contributed by atoms with van der Waals surface area (Å²) in [5, 5.41) is 18.3. The second-order valence-electron chi connectivity index (χ2n) is 4.58. The Morgan fingerprint density at radius 1 is 1.23 bits per heavy atom. The van der Waals surface area contributed by atoms with E-state index in [2.05, 4.69) is 6.58 Å². The van der Waals surface area contributed by atoms with Gasteiger partial charge in [0.1, 0.15) is 5.75 Å². The zero-order valence-electron chi connectivity index (χ0n) is 12.7. The first-order valence-corrected chi connectivity index (χ1v) is 6.75. The maximum atomic E-state index is 11.2. The van der Waals surface area contributed by atoms with Gasteiger partial charge in [-0.25, -0.2) is 0 Å². The van der Waals surface area contributed by atoms with Gasteiger partial charge < -0.3 is 14.9 Å². The molecule has 0 heterocycles. The van der Waals surface area contributed by atoms with Crippen molar-refractivity contribution < 1.29 is 19.7 Å². The van der Waals surface area contributed by atoms with Gasteiger partial charge in [0.05, 0.1) is 12.7 Å². The lowest BCUT2D eigenvalue weighted by molar-refractivity contribution is 0.101. The van der Waals surface area contributed by atoms with Gasteiger partial charge in [-0.1, -0.05) is 24.3 Å². The summed E-state index contributed by atoms with van der Waals surface area (Å²) >= 11 is 0. The van der Waals surface area contributed by atoms with Crippen LogP contribution < -0.4 is 4.74 Å². The smallest absolute Gasteiger partial charge is 0.168 e. The van der Waals surface area contributed by atoms with Crippen LogP contribution in [0.1, 0.15) is 22.8 Å². The van der Waals surface area contributed by atoms with Crippen LogP contribution >= 0.6 is 0 Å². The normalized spacial score (nSPS) is 9.36. The van der Waals surface area contributed by atoms with Crippen LogP contribution in [-0.4, -0.2) is 23.1 Å². The van der Waals surface area contributed by atoms with Gasteiger partial charge in [0.15, 0.2) is 17.3 Å². The molecular formula is C18H20O4. The number of phenolic OH excluding ortho intramolecular Hbond substituents is 2. The second-order valence-corrected chi connectivity index (χ2v) is 4.58. The molecule has 22 heavy (non-hydrogen) atoms. The molecule has 116 valence electrons. The number of carbonyl (C=O) groups is 1. The fourth-order valence-corrected chi connectivity index (χ4v) is 1.80. The van der Waals surface area contributed by atoms with Crippen molar-refractivity contribution in [3.63, 3.8) is 0 Å². The summed E-state index contributed by atoms with van der Waals surface area (Å²) in [6, 6.07) is 12.1. The van der Waals surface area contributed by atoms with Crippen LogP contribution in [0.4, 0.5) is 0 Å². The molecule has 0 aromatic heterocycles. The Morgan fingerprint density at radius 2 is 1.86 bits per heavy atom. The Labute approximate surface area is 130 Å². The molecule has 2 aromatic carbocycles. The minimum absolute atomic E-state index is 0.0992. The summed E-state index contributed by atoms with van der Waals surface area (Å²) in [6.07, 6.45) is 2.37. The molecular weight excluding hydrogens is 280 g/mol. The number of hydrogen-bond donors (Lipinski definition) is 2. The van der Waals surface area contributed by atoms with Gasteiger partial charge in [-0.3, -0.25) is 4.79 Å². The lowest BCUT2D eigenvalue weighted by atomic mass is 10.0. The lowest BCUT2D eigenvalue weighted by Gasteiger charge is -2.09. The number of para-hydroxylation sites is 1. The van der Waals surface area contributed by atoms with Gasteiger partial charge >= 0.3 is 0 Å². The third kappa shape index (κ3) is 4.98. The van der Waals surface area contributed by atoms with E-state index in [0.29, 0.717) is 17.9 Å². The number of ketones is 1. The molecule has 0 aliphatic heterocycles. The van der Waals surface area contributed by atoms with E-state index < -0.39 is 0 Å². The van der Waals surface area contributed by atoms with Gasteiger partial charge in [-0.15, -0.1) is 6.58 Å². The van der Waals surface area contributed by atoms with Crippen molar-refractivity contribution in [3.8, 4) is 17.2 Å². The van der Waals surface area contributed by atoms with Crippen LogP contribution in [0, 0.1) is 0 Å². The Morgan fingerprint density at radius 3 is 2.27 bits per heavy atom. The van der Waals surface area contributed by atoms with Crippen molar-refractivity contribution >= 4 is 5.78 Å². The summed E-state index contributed by atoms with van der Waals surface area (Å²) in [7, 11) is 1.46. The van der Waals surface area contributed by atoms with E-state index >= 15 is 0 Å². The molecule has 0 fully saturated rings. The van der Waals surface area contributed by atoms with E-state index in [0.717, 1.165) is 5.56 Å². The van der Waals surface area contributed by atoms with E-state index in [-0.39, 0.29) is 17.1 Å². The van der Waals surface area contributed by atoms with Crippen LogP contribution in [0.25, 0.3) is 0 Å². The number of methoxy groups -OCH3 is 1. The van der Waals surface area contributed by atoms with Crippen LogP contribution in [0.5, 0.6) is 17.2 Å². The number of rotatable bonds is 4. The predicted octanol–water partition coefficient (Wildman–Crippen LogP) is 3.72. The summed E-state index contributed by atoms with van der Waals surface area (Å²) in [6.45, 7) is 5.03. The quantitative estimate of drug-likeness (QED) is 0.667. The second kappa shape index (κ2) is 8.52. The van der Waals surface area contributed by atoms with E-state index in [1.54, 1.807) is 42.5 Å². The van der Waals surface area contributed by atoms with Crippen molar-refractivity contribution in [2.24, 2.45) is 0 Å². The maximum Gasteiger partial charge on any atom is 0.168 e. The molecule has 0 amide bonds. The number of allylic oxidation sites excluding steroid dienone is 1. The van der Waals surface area contributed by atoms with E-state index in [1.165, 1.54) is 14.0 Å². The van der Waals surface area contributed by atoms with Crippen molar-refractivity contribution in [2.45, 2.75) is 13.3 Å². The number of hydrogen-bond acceptors (Lipinski definition) is 4. The number of Topliss-reactive ketones (excluding diaryl/α,β-unsaturated/α-hetero) is 1. The average molecular weight is 300 g/mol. The van der Waals surface area contributed by atoms with Gasteiger partial charge in [0, 0.05) is 0 Å². The first-order valence-electron chi connectivity index (χ1n) is 6.75. The minimum Gasteiger partial charge on any atom is -0.508 e. The first kappa shape index (κ1) is 17.3. The highest BCUT2D eigenvalue weighted by atomic mass is 16.5. The molecule has 4 nitrogen and oxygen atoms in total. The zero-order valence-corrected chi connectivity index (χ0v) is 12.7. The van der Waals surface area contributed by atoms with Crippen molar-refractivity contribution in [2.75, 3.05) is 7.11 Å². The van der Waals surface area contributed by atoms with E-state index in [1.807, 2.05) is 6.07 Å². The minimum atomic E-state index is -0.184. The molecule has 2 aromatic rings. The summed E-state index contributed by atoms with van der Waals surface area (Å²) in [5.41, 5.74) is 1.18. The third-order valence-corrected chi connectivity index (χ3v) is 2.87. The molecule has 0 saturated heterocycles. The standard InChI is InChI=1S/C12H14O3.C6H6O/c1-4-5-9-6-10(8(2)13)12(14)11(7-9)15-3;7-6-4-2-1-3-5-6/h4,6-7,14H,1,5H2,2-3H3;1-5,7H. The summed E-state index contributed by atoms with van der Waals surface area (Å²) < 4.78 is 4.99. The number of carbonyl (C=O) groups excluding carboxylic acids is 1. The summed E-state index contributed by atoms with van der Waals surface area (Å²) in [5.74, 6) is 0.358. The largest absolute Gasteiger partial charge is 0.508 e. The van der Waals surface area contributed by atoms with E-state index in [4.69, 9.17) is 9.84 Å². The van der Waals surface area contributed by atoms with Gasteiger partial charge in [-0.2, -0.15) is 0 Å². The molecule has 0 saturated carbocycles. The molecule has 4 heteroatoms. The van der Waals surface area contributed by atoms with Crippen molar-refractivity contribution in [1.82, 2.24) is 0 Å². The lowest BCUT2D eigenvalue weighted by Crippen LogP contribution is -1.97. The topological polar surface area (TPSA) is 66.8 Å². The van der Waals surface area contributed by atoms with E-state index in [9.17, 15) is 9.90 Å². The van der Waals surface area contributed by atoms with Gasteiger partial charge in [0.25, 0.3) is 0 Å². The maximum absolute atomic E-state index is 11.2. The molecule has 2 rings (SSSR count). The molecule has 0 bridgehead atoms. The predicted molar refractivity (Wildman–Crippen MR) is 86.7 cm³/mol. The molecule has 0 aliphatic carbocycles. The van der Waals surface area contributed by atoms with Gasteiger partial charge in [0.2, 0.25) is 0 Å². The van der Waals surface area contributed by atoms with Crippen molar-refractivity contribution in [3.05, 3.63) is 66.2 Å². The van der Waals surface area contributed by atoms with Crippen LogP contribution in [-0.2, 0) is 6.42 Å². The Balaban J connectivity index is 0.000000287. The Hall–Kier alpha value is -2.75. The number of benzene rings is 2. The first-order chi connectivity index (χ1) is 10.5. The highest BCUT2D eigenvalue weighted by Gasteiger charge is 2.13. The Bertz CT molecular complexity index is 633. The Kier molecular flexibility index (Phi) is 6.70. The highest BCUT2D eigenvalue weighted by molar-refractivity contribution is 5.97. The fraction of sp³-hybridized carbons (Fsp3) is 0.167. The van der Waals surface area contributed by atoms with Crippen LogP contribution in [0.3, 0.4) is 0 Å². The molecule has 0 atom stereocenters. The molecule has 2 N–H and O–H groups in total. The fourth-order valence-electron chi connectivity index (χ4n) is 1.80. The molecule has 0 radical (unpaired) electrons. The molecule has 0 aliphatic rings. The third-order valence-electron chi connectivity index (χ3n) is 2.87. The van der Waals surface area contributed by atoms with Crippen LogP contribution in [0.2, 0.25) is 0 Å². The van der Waals surface area contributed by atoms with Crippen molar-refractivity contribution in [1.29, 1.82) is 0 Å². The van der Waals surface area contributed by atoms with Gasteiger partial charge in [-0.05, 0) is 43.2 Å². The SMILES string of the molecule is C=CCc1cc(OC)c(O)c(C(C)=O)c1.Oc1ccccc1. The summed E-state index contributed by atoms with van der Waals surface area (Å²) in [4.78, 5) is 11.2. The number of ether oxygens (including phenoxy) is 1. The van der Waals surface area contributed by atoms with Crippen LogP contribution in [0.15, 0.2) is 55.1 Å². The number of aromatic hydroxyl groups is 2. The zero-order chi connectivity index (χ0) is 16.5. The average Bonchev–Trinajstić information content (AvgIpc) is 2.50.